The smallest absolute Gasteiger partial charge is 0.0654 e. The van der Waals surface area contributed by atoms with E-state index < -0.39 is 16.1 Å². The zero-order chi connectivity index (χ0) is 25.3. The van der Waals surface area contributed by atoms with Gasteiger partial charge in [-0.05, 0) is 11.6 Å². The van der Waals surface area contributed by atoms with Gasteiger partial charge in [0.15, 0.2) is 0 Å². The predicted molar refractivity (Wildman–Crippen MR) is 163 cm³/mol. The Bertz CT molecular complexity index is 659. The topological polar surface area (TPSA) is 0 Å². The van der Waals surface area contributed by atoms with E-state index in [2.05, 4.69) is 58.2 Å². The van der Waals surface area contributed by atoms with Gasteiger partial charge in [-0.15, -0.1) is 0 Å². The summed E-state index contributed by atoms with van der Waals surface area (Å²) in [7, 11) is -2.94. The highest BCUT2D eigenvalue weighted by atomic mass is 28.3. The fourth-order valence-electron chi connectivity index (χ4n) is 5.29. The first-order valence-corrected chi connectivity index (χ1v) is 21.3. The van der Waals surface area contributed by atoms with E-state index in [9.17, 15) is 0 Å². The maximum Gasteiger partial charge on any atom is 0.0814 e. The van der Waals surface area contributed by atoms with Crippen molar-refractivity contribution in [3.63, 3.8) is 0 Å². The van der Waals surface area contributed by atoms with Gasteiger partial charge in [0, 0.05) is 0 Å². The van der Waals surface area contributed by atoms with Crippen LogP contribution in [0.25, 0.3) is 6.08 Å². The van der Waals surface area contributed by atoms with E-state index in [0.29, 0.717) is 0 Å². The standard InChI is InChI=1S/C32H58Si2/c1-8-11-13-15-17-19-21-23-27-33(4,5)31-25-26-32(30(10-3)29-31)34(6,7)28-24-22-20-18-16-14-12-9-2/h3,10,26,29H,8-9,11-24,27-28H2,1-2,4-7H3. The Balaban J connectivity index is 2.55. The molecule has 0 unspecified atom stereocenters. The molecule has 2 radical (unpaired) electrons. The van der Waals surface area contributed by atoms with Gasteiger partial charge in [0.2, 0.25) is 0 Å². The molecule has 0 aliphatic heterocycles. The second kappa shape index (κ2) is 17.8. The Morgan fingerprint density at radius 2 is 1.06 bits per heavy atom. The average molecular weight is 499 g/mol. The van der Waals surface area contributed by atoms with Crippen molar-refractivity contribution in [2.75, 3.05) is 0 Å². The van der Waals surface area contributed by atoms with Crippen LogP contribution in [0.15, 0.2) is 12.1 Å². The molecular weight excluding hydrogens is 441 g/mol. The van der Waals surface area contributed by atoms with Gasteiger partial charge < -0.3 is 0 Å². The minimum atomic E-state index is -1.49. The first-order valence-electron chi connectivity index (χ1n) is 14.9. The molecule has 1 aromatic carbocycles. The molecule has 0 spiro atoms. The highest BCUT2D eigenvalue weighted by Crippen LogP contribution is 2.21. The van der Waals surface area contributed by atoms with Crippen molar-refractivity contribution in [2.45, 2.75) is 155 Å². The molecule has 0 amide bonds. The lowest BCUT2D eigenvalue weighted by atomic mass is 10.1. The summed E-state index contributed by atoms with van der Waals surface area (Å²) in [6.07, 6.45) is 24.3. The Hall–Kier alpha value is -0.606. The highest BCUT2D eigenvalue weighted by Gasteiger charge is 2.28. The molecule has 1 aromatic rings. The molecule has 0 nitrogen and oxygen atoms in total. The molecule has 2 heteroatoms. The van der Waals surface area contributed by atoms with Crippen LogP contribution < -0.4 is 10.4 Å². The van der Waals surface area contributed by atoms with Crippen LogP contribution in [-0.2, 0) is 0 Å². The van der Waals surface area contributed by atoms with Gasteiger partial charge in [-0.25, -0.2) is 0 Å². The van der Waals surface area contributed by atoms with Crippen LogP contribution >= 0.6 is 0 Å². The number of unbranched alkanes of at least 4 members (excludes halogenated alkanes) is 14. The molecule has 1 rings (SSSR count). The predicted octanol–water partition coefficient (Wildman–Crippen LogP) is 10.0. The number of rotatable bonds is 21. The van der Waals surface area contributed by atoms with E-state index >= 15 is 0 Å². The van der Waals surface area contributed by atoms with E-state index in [0.717, 1.165) is 0 Å². The second-order valence-corrected chi connectivity index (χ2v) is 21.7. The van der Waals surface area contributed by atoms with Crippen molar-refractivity contribution in [3.05, 3.63) is 30.3 Å². The molecule has 0 saturated carbocycles. The monoisotopic (exact) mass is 498 g/mol. The lowest BCUT2D eigenvalue weighted by Crippen LogP contribution is -2.47. The van der Waals surface area contributed by atoms with E-state index in [1.807, 2.05) is 6.08 Å². The van der Waals surface area contributed by atoms with Gasteiger partial charge in [-0.1, -0.05) is 190 Å². The summed E-state index contributed by atoms with van der Waals surface area (Å²) in [5.74, 6) is 0. The van der Waals surface area contributed by atoms with Crippen LogP contribution in [-0.4, -0.2) is 16.1 Å². The third-order valence-corrected chi connectivity index (χ3v) is 14.8. The summed E-state index contributed by atoms with van der Waals surface area (Å²) in [6.45, 7) is 20.9. The molecule has 34 heavy (non-hydrogen) atoms. The van der Waals surface area contributed by atoms with Crippen molar-refractivity contribution in [1.29, 1.82) is 0 Å². The Labute approximate surface area is 217 Å². The third-order valence-electron chi connectivity index (χ3n) is 7.93. The van der Waals surface area contributed by atoms with Crippen LogP contribution in [0, 0.1) is 12.6 Å². The molecular formula is C32H58Si2. The lowest BCUT2D eigenvalue weighted by Gasteiger charge is -2.28. The van der Waals surface area contributed by atoms with E-state index in [-0.39, 0.29) is 0 Å². The minimum absolute atomic E-state index is 1.31. The normalized spacial score (nSPS) is 12.3. The van der Waals surface area contributed by atoms with Gasteiger partial charge in [0.1, 0.15) is 0 Å². The van der Waals surface area contributed by atoms with Crippen LogP contribution in [0.5, 0.6) is 0 Å². The summed E-state index contributed by atoms with van der Waals surface area (Å²) in [5.41, 5.74) is 1.31. The van der Waals surface area contributed by atoms with Gasteiger partial charge in [-0.2, -0.15) is 0 Å². The molecule has 0 N–H and O–H groups in total. The zero-order valence-corrected chi connectivity index (χ0v) is 26.0. The second-order valence-electron chi connectivity index (χ2n) is 12.1. The maximum absolute atomic E-state index is 6.18. The van der Waals surface area contributed by atoms with E-state index in [4.69, 9.17) is 6.58 Å². The van der Waals surface area contributed by atoms with Crippen molar-refractivity contribution in [2.24, 2.45) is 0 Å². The van der Waals surface area contributed by atoms with E-state index in [1.54, 1.807) is 0 Å². The van der Waals surface area contributed by atoms with Gasteiger partial charge in [0.05, 0.1) is 16.1 Å². The van der Waals surface area contributed by atoms with Crippen molar-refractivity contribution in [3.8, 4) is 0 Å². The molecule has 0 bridgehead atoms. The van der Waals surface area contributed by atoms with E-state index in [1.165, 1.54) is 131 Å². The summed E-state index contributed by atoms with van der Waals surface area (Å²) in [6, 6.07) is 11.3. The first-order chi connectivity index (χ1) is 16.3. The van der Waals surface area contributed by atoms with Crippen molar-refractivity contribution in [1.82, 2.24) is 0 Å². The summed E-state index contributed by atoms with van der Waals surface area (Å²) in [5, 5.41) is 3.01. The number of hydrogen-bond acceptors (Lipinski definition) is 0. The fourth-order valence-corrected chi connectivity index (χ4v) is 10.5. The van der Waals surface area contributed by atoms with Crippen LogP contribution in [0.3, 0.4) is 0 Å². The van der Waals surface area contributed by atoms with Gasteiger partial charge >= 0.3 is 0 Å². The SMILES string of the molecule is [CH]=Cc1cc([Si](C)(C)CCCCCCCCCC)[c]cc1[Si](C)(C)CCCCCCCCCC. The Morgan fingerprint density at radius 1 is 0.647 bits per heavy atom. The quantitative estimate of drug-likeness (QED) is 0.117. The summed E-state index contributed by atoms with van der Waals surface area (Å²) >= 11 is 0. The molecule has 0 aliphatic carbocycles. The lowest BCUT2D eigenvalue weighted by molar-refractivity contribution is 0.584. The molecule has 0 atom stereocenters. The van der Waals surface area contributed by atoms with Crippen LogP contribution in [0.1, 0.15) is 122 Å². The van der Waals surface area contributed by atoms with Crippen LogP contribution in [0.4, 0.5) is 0 Å². The molecule has 194 valence electrons. The summed E-state index contributed by atoms with van der Waals surface area (Å²) < 4.78 is 0. The first kappa shape index (κ1) is 31.4. The number of hydrogen-bond donors (Lipinski definition) is 0. The van der Waals surface area contributed by atoms with Crippen molar-refractivity contribution >= 4 is 32.6 Å². The van der Waals surface area contributed by atoms with Crippen molar-refractivity contribution < 1.29 is 0 Å². The number of benzene rings is 1. The summed E-state index contributed by atoms with van der Waals surface area (Å²) in [4.78, 5) is 0. The largest absolute Gasteiger partial charge is 0.0814 e. The van der Waals surface area contributed by atoms with Gasteiger partial charge in [0.25, 0.3) is 0 Å². The van der Waals surface area contributed by atoms with Gasteiger partial charge in [-0.3, -0.25) is 0 Å². The Kier molecular flexibility index (Phi) is 16.4. The van der Waals surface area contributed by atoms with Crippen LogP contribution in [0.2, 0.25) is 38.3 Å². The maximum atomic E-state index is 6.18. The average Bonchev–Trinajstić information content (AvgIpc) is 2.82. The minimum Gasteiger partial charge on any atom is -0.0654 e. The third kappa shape index (κ3) is 12.4. The molecule has 0 heterocycles. The molecule has 0 aromatic heterocycles. The molecule has 0 aliphatic rings. The Morgan fingerprint density at radius 3 is 1.50 bits per heavy atom. The highest BCUT2D eigenvalue weighted by molar-refractivity contribution is 6.91. The molecule has 0 saturated heterocycles. The zero-order valence-electron chi connectivity index (χ0n) is 24.0. The molecule has 0 fully saturated rings. The fraction of sp³-hybridized carbons (Fsp3) is 0.750.